The Bertz CT molecular complexity index is 413. The molecule has 0 bridgehead atoms. The van der Waals surface area contributed by atoms with E-state index in [-0.39, 0.29) is 11.0 Å². The van der Waals surface area contributed by atoms with Gasteiger partial charge in [-0.25, -0.2) is 0 Å². The average Bonchev–Trinajstić information content (AvgIpc) is 3.10. The van der Waals surface area contributed by atoms with Gasteiger partial charge in [-0.3, -0.25) is 0 Å². The van der Waals surface area contributed by atoms with Crippen LogP contribution in [0, 0.1) is 0 Å². The number of ether oxygens (including phenoxy) is 1. The standard InChI is InChI=1S/C15H21NO/c1-17-15(8-9-15)13-5-2-4-12(10-13)14(11-16)6-3-7-14/h2,4-5,10H,3,6-9,11,16H2,1H3. The highest BCUT2D eigenvalue weighted by atomic mass is 16.5. The monoisotopic (exact) mass is 231 g/mol. The fourth-order valence-corrected chi connectivity index (χ4v) is 3.07. The smallest absolute Gasteiger partial charge is 0.0930 e. The molecule has 2 fully saturated rings. The zero-order valence-electron chi connectivity index (χ0n) is 10.5. The summed E-state index contributed by atoms with van der Waals surface area (Å²) in [6.45, 7) is 0.774. The highest BCUT2D eigenvalue weighted by Crippen LogP contribution is 2.50. The summed E-state index contributed by atoms with van der Waals surface area (Å²) in [5.74, 6) is 0. The minimum Gasteiger partial charge on any atom is -0.374 e. The van der Waals surface area contributed by atoms with E-state index in [9.17, 15) is 0 Å². The molecule has 3 rings (SSSR count). The van der Waals surface area contributed by atoms with Crippen LogP contribution in [0.4, 0.5) is 0 Å². The van der Waals surface area contributed by atoms with Gasteiger partial charge in [-0.1, -0.05) is 30.7 Å². The summed E-state index contributed by atoms with van der Waals surface area (Å²) in [5, 5.41) is 0. The lowest BCUT2D eigenvalue weighted by atomic mass is 9.64. The normalized spacial score (nSPS) is 24.1. The summed E-state index contributed by atoms with van der Waals surface area (Å²) in [6, 6.07) is 8.94. The molecule has 0 saturated heterocycles. The molecule has 2 aliphatic carbocycles. The van der Waals surface area contributed by atoms with Crippen molar-refractivity contribution in [2.75, 3.05) is 13.7 Å². The van der Waals surface area contributed by atoms with Crippen LogP contribution in [0.2, 0.25) is 0 Å². The lowest BCUT2D eigenvalue weighted by Crippen LogP contribution is -2.41. The maximum absolute atomic E-state index is 5.98. The predicted molar refractivity (Wildman–Crippen MR) is 68.9 cm³/mol. The maximum atomic E-state index is 5.98. The molecule has 1 aromatic rings. The molecule has 17 heavy (non-hydrogen) atoms. The molecular weight excluding hydrogens is 210 g/mol. The Morgan fingerprint density at radius 3 is 2.35 bits per heavy atom. The van der Waals surface area contributed by atoms with E-state index in [0.717, 1.165) is 19.4 Å². The molecule has 1 aromatic carbocycles. The SMILES string of the molecule is COC1(c2cccc(C3(CN)CCC3)c2)CC1. The van der Waals surface area contributed by atoms with Crippen molar-refractivity contribution in [3.8, 4) is 0 Å². The highest BCUT2D eigenvalue weighted by Gasteiger charge is 2.45. The van der Waals surface area contributed by atoms with E-state index < -0.39 is 0 Å². The molecule has 0 unspecified atom stereocenters. The molecule has 2 aliphatic rings. The Kier molecular flexibility index (Phi) is 2.53. The summed E-state index contributed by atoms with van der Waals surface area (Å²) in [6.07, 6.45) is 6.11. The average molecular weight is 231 g/mol. The molecule has 92 valence electrons. The van der Waals surface area contributed by atoms with E-state index in [0.29, 0.717) is 0 Å². The number of nitrogens with two attached hydrogens (primary N) is 1. The van der Waals surface area contributed by atoms with Gasteiger partial charge in [0.1, 0.15) is 0 Å². The second-order valence-corrected chi connectivity index (χ2v) is 5.62. The zero-order chi connectivity index (χ0) is 11.9. The molecule has 0 spiro atoms. The van der Waals surface area contributed by atoms with Crippen LogP contribution in [0.3, 0.4) is 0 Å². The Morgan fingerprint density at radius 2 is 1.88 bits per heavy atom. The van der Waals surface area contributed by atoms with Gasteiger partial charge in [-0.05, 0) is 36.8 Å². The fourth-order valence-electron chi connectivity index (χ4n) is 3.07. The quantitative estimate of drug-likeness (QED) is 0.864. The van der Waals surface area contributed by atoms with Crippen molar-refractivity contribution in [1.29, 1.82) is 0 Å². The molecule has 2 heteroatoms. The summed E-state index contributed by atoms with van der Waals surface area (Å²) in [7, 11) is 1.82. The number of hydrogen-bond acceptors (Lipinski definition) is 2. The first-order chi connectivity index (χ1) is 8.25. The second kappa shape index (κ2) is 3.82. The van der Waals surface area contributed by atoms with Gasteiger partial charge in [-0.2, -0.15) is 0 Å². The molecule has 0 aliphatic heterocycles. The third-order valence-corrected chi connectivity index (χ3v) is 4.80. The van der Waals surface area contributed by atoms with Crippen LogP contribution in [0.25, 0.3) is 0 Å². The Labute approximate surface area is 103 Å². The summed E-state index contributed by atoms with van der Waals surface area (Å²) < 4.78 is 5.66. The number of hydrogen-bond donors (Lipinski definition) is 1. The van der Waals surface area contributed by atoms with Gasteiger partial charge in [0.2, 0.25) is 0 Å². The minimum absolute atomic E-state index is 0.0234. The maximum Gasteiger partial charge on any atom is 0.0930 e. The highest BCUT2D eigenvalue weighted by molar-refractivity contribution is 5.37. The second-order valence-electron chi connectivity index (χ2n) is 5.62. The topological polar surface area (TPSA) is 35.2 Å². The Morgan fingerprint density at radius 1 is 1.18 bits per heavy atom. The lowest BCUT2D eigenvalue weighted by Gasteiger charge is -2.42. The molecular formula is C15H21NO. The third kappa shape index (κ3) is 1.62. The van der Waals surface area contributed by atoms with Crippen LogP contribution >= 0.6 is 0 Å². The van der Waals surface area contributed by atoms with Crippen molar-refractivity contribution >= 4 is 0 Å². The van der Waals surface area contributed by atoms with Gasteiger partial charge in [0.25, 0.3) is 0 Å². The zero-order valence-corrected chi connectivity index (χ0v) is 10.5. The molecule has 0 aromatic heterocycles. The van der Waals surface area contributed by atoms with E-state index in [4.69, 9.17) is 10.5 Å². The first kappa shape index (κ1) is 11.2. The van der Waals surface area contributed by atoms with Crippen LogP contribution in [-0.2, 0) is 15.8 Å². The third-order valence-electron chi connectivity index (χ3n) is 4.80. The molecule has 0 atom stereocenters. The lowest BCUT2D eigenvalue weighted by molar-refractivity contribution is 0.0786. The van der Waals surface area contributed by atoms with Gasteiger partial charge >= 0.3 is 0 Å². The van der Waals surface area contributed by atoms with Crippen molar-refractivity contribution in [2.45, 2.75) is 43.1 Å². The molecule has 0 heterocycles. The minimum atomic E-state index is 0.0234. The Hall–Kier alpha value is -0.860. The van der Waals surface area contributed by atoms with Gasteiger partial charge in [-0.15, -0.1) is 0 Å². The fraction of sp³-hybridized carbons (Fsp3) is 0.600. The van der Waals surface area contributed by atoms with Gasteiger partial charge in [0.05, 0.1) is 5.60 Å². The van der Waals surface area contributed by atoms with Crippen molar-refractivity contribution in [3.05, 3.63) is 35.4 Å². The van der Waals surface area contributed by atoms with Crippen LogP contribution in [0.15, 0.2) is 24.3 Å². The van der Waals surface area contributed by atoms with Crippen molar-refractivity contribution in [2.24, 2.45) is 5.73 Å². The molecule has 2 nitrogen and oxygen atoms in total. The largest absolute Gasteiger partial charge is 0.374 e. The predicted octanol–water partition coefficient (Wildman–Crippen LogP) is 2.70. The summed E-state index contributed by atoms with van der Waals surface area (Å²) >= 11 is 0. The van der Waals surface area contributed by atoms with Gasteiger partial charge in [0, 0.05) is 19.1 Å². The van der Waals surface area contributed by atoms with E-state index >= 15 is 0 Å². The molecule has 2 N–H and O–H groups in total. The van der Waals surface area contributed by atoms with E-state index in [1.807, 2.05) is 7.11 Å². The van der Waals surface area contributed by atoms with Crippen LogP contribution in [-0.4, -0.2) is 13.7 Å². The van der Waals surface area contributed by atoms with Crippen molar-refractivity contribution < 1.29 is 4.74 Å². The van der Waals surface area contributed by atoms with Crippen LogP contribution in [0.5, 0.6) is 0 Å². The van der Waals surface area contributed by atoms with E-state index in [2.05, 4.69) is 24.3 Å². The summed E-state index contributed by atoms with van der Waals surface area (Å²) in [4.78, 5) is 0. The first-order valence-corrected chi connectivity index (χ1v) is 6.61. The van der Waals surface area contributed by atoms with E-state index in [1.54, 1.807) is 0 Å². The first-order valence-electron chi connectivity index (χ1n) is 6.61. The van der Waals surface area contributed by atoms with Crippen molar-refractivity contribution in [1.82, 2.24) is 0 Å². The number of rotatable bonds is 4. The van der Waals surface area contributed by atoms with Gasteiger partial charge < -0.3 is 10.5 Å². The van der Waals surface area contributed by atoms with Gasteiger partial charge in [0.15, 0.2) is 0 Å². The summed E-state index contributed by atoms with van der Waals surface area (Å²) in [5.41, 5.74) is 9.03. The molecule has 0 radical (unpaired) electrons. The van der Waals surface area contributed by atoms with Crippen LogP contribution in [0.1, 0.15) is 43.2 Å². The molecule has 0 amide bonds. The van der Waals surface area contributed by atoms with E-state index in [1.165, 1.54) is 30.4 Å². The Balaban J connectivity index is 1.94. The number of benzene rings is 1. The van der Waals surface area contributed by atoms with Crippen LogP contribution < -0.4 is 5.73 Å². The molecule has 2 saturated carbocycles. The number of methoxy groups -OCH3 is 1. The van der Waals surface area contributed by atoms with Crippen molar-refractivity contribution in [3.63, 3.8) is 0 Å².